The van der Waals surface area contributed by atoms with Gasteiger partial charge in [0.2, 0.25) is 11.8 Å². The maximum absolute atomic E-state index is 13.6. The van der Waals surface area contributed by atoms with Crippen LogP contribution < -0.4 is 4.90 Å². The van der Waals surface area contributed by atoms with E-state index in [2.05, 4.69) is 15.9 Å². The first-order valence-electron chi connectivity index (χ1n) is 4.59. The van der Waals surface area contributed by atoms with Crippen molar-refractivity contribution in [3.8, 4) is 0 Å². The lowest BCUT2D eigenvalue weighted by Gasteiger charge is -2.25. The molecule has 2 rings (SSSR count). The second-order valence-electron chi connectivity index (χ2n) is 3.33. The number of halogens is 3. The van der Waals surface area contributed by atoms with E-state index in [1.54, 1.807) is 0 Å². The molecule has 2 amide bonds. The summed E-state index contributed by atoms with van der Waals surface area (Å²) in [5.41, 5.74) is -0.332. The summed E-state index contributed by atoms with van der Waals surface area (Å²) in [6.45, 7) is 0. The van der Waals surface area contributed by atoms with Crippen molar-refractivity contribution in [1.82, 2.24) is 0 Å². The van der Waals surface area contributed by atoms with Crippen molar-refractivity contribution in [2.75, 3.05) is 16.4 Å². The highest BCUT2D eigenvalue weighted by Gasteiger charge is 2.30. The van der Waals surface area contributed by atoms with Crippen molar-refractivity contribution in [2.24, 2.45) is 0 Å². The lowest BCUT2D eigenvalue weighted by atomic mass is 10.2. The summed E-state index contributed by atoms with van der Waals surface area (Å²) in [6.07, 6.45) is 0. The molecule has 1 heterocycles. The highest BCUT2D eigenvalue weighted by molar-refractivity contribution is 9.10. The molecule has 0 aromatic heterocycles. The van der Waals surface area contributed by atoms with Crippen LogP contribution in [0.4, 0.5) is 14.5 Å². The molecule has 1 fully saturated rings. The van der Waals surface area contributed by atoms with Gasteiger partial charge in [-0.2, -0.15) is 0 Å². The zero-order valence-corrected chi connectivity index (χ0v) is 10.8. The van der Waals surface area contributed by atoms with Gasteiger partial charge in [0, 0.05) is 6.07 Å². The smallest absolute Gasteiger partial charge is 0.243 e. The summed E-state index contributed by atoms with van der Waals surface area (Å²) in [5, 5.41) is 0. The molecule has 1 aromatic carbocycles. The Balaban J connectivity index is 2.48. The molecule has 1 aliphatic heterocycles. The molecular weight excluding hydrogens is 316 g/mol. The Morgan fingerprint density at radius 1 is 1.12 bits per heavy atom. The fourth-order valence-corrected chi connectivity index (χ4v) is 2.47. The third-order valence-corrected chi connectivity index (χ3v) is 3.69. The number of imide groups is 1. The highest BCUT2D eigenvalue weighted by Crippen LogP contribution is 2.28. The number of amides is 2. The first-order chi connectivity index (χ1) is 8.00. The van der Waals surface area contributed by atoms with Gasteiger partial charge >= 0.3 is 0 Å². The summed E-state index contributed by atoms with van der Waals surface area (Å²) in [5.74, 6) is -2.43. The van der Waals surface area contributed by atoms with E-state index in [-0.39, 0.29) is 21.7 Å². The predicted molar refractivity (Wildman–Crippen MR) is 63.9 cm³/mol. The van der Waals surface area contributed by atoms with Gasteiger partial charge in [-0.3, -0.25) is 9.59 Å². The van der Waals surface area contributed by atoms with Crippen molar-refractivity contribution >= 4 is 45.2 Å². The van der Waals surface area contributed by atoms with Gasteiger partial charge in [-0.25, -0.2) is 13.7 Å². The van der Waals surface area contributed by atoms with Crippen LogP contribution in [0.15, 0.2) is 16.6 Å². The van der Waals surface area contributed by atoms with E-state index >= 15 is 0 Å². The lowest BCUT2D eigenvalue weighted by molar-refractivity contribution is -0.124. The van der Waals surface area contributed by atoms with Gasteiger partial charge in [0.15, 0.2) is 0 Å². The number of anilines is 1. The third kappa shape index (κ3) is 2.35. The zero-order chi connectivity index (χ0) is 12.6. The van der Waals surface area contributed by atoms with Gasteiger partial charge in [-0.1, -0.05) is 0 Å². The van der Waals surface area contributed by atoms with E-state index in [0.29, 0.717) is 4.90 Å². The van der Waals surface area contributed by atoms with Crippen LogP contribution in [0.2, 0.25) is 0 Å². The maximum Gasteiger partial charge on any atom is 0.243 e. The monoisotopic (exact) mass is 321 g/mol. The first-order valence-corrected chi connectivity index (χ1v) is 6.53. The SMILES string of the molecule is O=C1CSCC(=O)N1c1cc(F)c(Br)cc1F. The normalized spacial score (nSPS) is 16.5. The Kier molecular flexibility index (Phi) is 3.48. The van der Waals surface area contributed by atoms with Crippen LogP contribution in [0.25, 0.3) is 0 Å². The predicted octanol–water partition coefficient (Wildman–Crippen LogP) is 2.33. The second kappa shape index (κ2) is 4.73. The van der Waals surface area contributed by atoms with Gasteiger partial charge in [-0.05, 0) is 22.0 Å². The number of rotatable bonds is 1. The zero-order valence-electron chi connectivity index (χ0n) is 8.37. The fourth-order valence-electron chi connectivity index (χ4n) is 1.45. The topological polar surface area (TPSA) is 37.4 Å². The Morgan fingerprint density at radius 2 is 1.71 bits per heavy atom. The molecule has 0 atom stereocenters. The number of thioether (sulfide) groups is 1. The molecule has 90 valence electrons. The first kappa shape index (κ1) is 12.5. The molecule has 0 radical (unpaired) electrons. The van der Waals surface area contributed by atoms with Crippen molar-refractivity contribution < 1.29 is 18.4 Å². The van der Waals surface area contributed by atoms with Crippen LogP contribution in [-0.2, 0) is 9.59 Å². The molecule has 0 saturated carbocycles. The molecule has 17 heavy (non-hydrogen) atoms. The number of nitrogens with zero attached hydrogens (tertiary/aromatic N) is 1. The Labute approximate surface area is 108 Å². The standard InChI is InChI=1S/C10H6BrF2NO2S/c11-5-1-7(13)8(2-6(5)12)14-9(15)3-17-4-10(14)16/h1-2H,3-4H2. The number of hydrogen-bond donors (Lipinski definition) is 0. The van der Waals surface area contributed by atoms with Crippen LogP contribution in [-0.4, -0.2) is 23.3 Å². The molecule has 1 aromatic rings. The second-order valence-corrected chi connectivity index (χ2v) is 5.17. The van der Waals surface area contributed by atoms with Crippen LogP contribution in [0.1, 0.15) is 0 Å². The molecule has 7 heteroatoms. The van der Waals surface area contributed by atoms with Crippen molar-refractivity contribution in [3.63, 3.8) is 0 Å². The van der Waals surface area contributed by atoms with Crippen molar-refractivity contribution in [3.05, 3.63) is 28.2 Å². The van der Waals surface area contributed by atoms with Gasteiger partial charge < -0.3 is 0 Å². The van der Waals surface area contributed by atoms with Crippen LogP contribution in [0.3, 0.4) is 0 Å². The highest BCUT2D eigenvalue weighted by atomic mass is 79.9. The van der Waals surface area contributed by atoms with Crippen LogP contribution in [0, 0.1) is 11.6 Å². The van der Waals surface area contributed by atoms with E-state index in [0.717, 1.165) is 23.9 Å². The maximum atomic E-state index is 13.6. The van der Waals surface area contributed by atoms with E-state index in [1.807, 2.05) is 0 Å². The van der Waals surface area contributed by atoms with E-state index in [1.165, 1.54) is 0 Å². The number of hydrogen-bond acceptors (Lipinski definition) is 3. The number of carbonyl (C=O) groups excluding carboxylic acids is 2. The van der Waals surface area contributed by atoms with Gasteiger partial charge in [0.05, 0.1) is 21.7 Å². The summed E-state index contributed by atoms with van der Waals surface area (Å²) >= 11 is 3.98. The average molecular weight is 322 g/mol. The van der Waals surface area contributed by atoms with Gasteiger partial charge in [-0.15, -0.1) is 11.8 Å². The molecule has 0 aliphatic carbocycles. The lowest BCUT2D eigenvalue weighted by Crippen LogP contribution is -2.43. The molecule has 1 saturated heterocycles. The van der Waals surface area contributed by atoms with E-state index in [4.69, 9.17) is 0 Å². The summed E-state index contributed by atoms with van der Waals surface area (Å²) in [4.78, 5) is 23.8. The quantitative estimate of drug-likeness (QED) is 0.588. The number of benzene rings is 1. The molecule has 0 N–H and O–H groups in total. The van der Waals surface area contributed by atoms with Gasteiger partial charge in [0.25, 0.3) is 0 Å². The minimum atomic E-state index is -0.813. The molecule has 1 aliphatic rings. The third-order valence-electron chi connectivity index (χ3n) is 2.18. The Bertz CT molecular complexity index is 493. The summed E-state index contributed by atoms with van der Waals surface area (Å²) < 4.78 is 26.9. The van der Waals surface area contributed by atoms with Crippen molar-refractivity contribution in [1.29, 1.82) is 0 Å². The summed E-state index contributed by atoms with van der Waals surface area (Å²) in [7, 11) is 0. The molecule has 3 nitrogen and oxygen atoms in total. The average Bonchev–Trinajstić information content (AvgIpc) is 2.25. The molecule has 0 spiro atoms. The molecular formula is C10H6BrF2NO2S. The van der Waals surface area contributed by atoms with Crippen molar-refractivity contribution in [2.45, 2.75) is 0 Å². The molecule has 0 bridgehead atoms. The molecule has 0 unspecified atom stereocenters. The fraction of sp³-hybridized carbons (Fsp3) is 0.200. The Hall–Kier alpha value is -0.950. The van der Waals surface area contributed by atoms with Crippen LogP contribution in [0.5, 0.6) is 0 Å². The largest absolute Gasteiger partial charge is 0.273 e. The van der Waals surface area contributed by atoms with Gasteiger partial charge in [0.1, 0.15) is 11.6 Å². The number of carbonyl (C=O) groups is 2. The minimum Gasteiger partial charge on any atom is -0.273 e. The van der Waals surface area contributed by atoms with Crippen LogP contribution >= 0.6 is 27.7 Å². The van der Waals surface area contributed by atoms with E-state index in [9.17, 15) is 18.4 Å². The minimum absolute atomic E-state index is 0.0509. The Morgan fingerprint density at radius 3 is 2.29 bits per heavy atom. The summed E-state index contributed by atoms with van der Waals surface area (Å²) in [6, 6.07) is 1.73. The van der Waals surface area contributed by atoms with E-state index < -0.39 is 23.4 Å².